The average Bonchev–Trinajstić information content (AvgIpc) is 2.89. The van der Waals surface area contributed by atoms with Crippen LogP contribution in [0.15, 0.2) is 59.5 Å². The van der Waals surface area contributed by atoms with Gasteiger partial charge in [-0.1, -0.05) is 54.1 Å². The zero-order valence-corrected chi connectivity index (χ0v) is 10.3. The molecule has 2 aromatic rings. The molecular formula is C13H10BClN2O. The minimum atomic E-state index is -0.348. The monoisotopic (exact) mass is 256 g/mol. The van der Waals surface area contributed by atoms with Crippen LogP contribution in [0.3, 0.4) is 0 Å². The first-order valence-corrected chi connectivity index (χ1v) is 6.01. The number of nitrogens with one attached hydrogen (secondary N) is 1. The fourth-order valence-corrected chi connectivity index (χ4v) is 2.01. The minimum Gasteiger partial charge on any atom is -0.300 e. The number of rotatable bonds is 2. The second-order valence-corrected chi connectivity index (χ2v) is 4.41. The molecule has 3 rings (SSSR count). The molecule has 0 unspecified atom stereocenters. The Morgan fingerprint density at radius 3 is 2.67 bits per heavy atom. The normalized spacial score (nSPS) is 14.3. The quantitative estimate of drug-likeness (QED) is 0.834. The van der Waals surface area contributed by atoms with Crippen molar-refractivity contribution in [1.29, 1.82) is 0 Å². The van der Waals surface area contributed by atoms with Crippen LogP contribution in [0.4, 0.5) is 0 Å². The van der Waals surface area contributed by atoms with Gasteiger partial charge in [-0.15, -0.1) is 0 Å². The first kappa shape index (κ1) is 11.3. The van der Waals surface area contributed by atoms with Crippen LogP contribution >= 0.6 is 11.6 Å². The summed E-state index contributed by atoms with van der Waals surface area (Å²) in [5.74, 6) is 0.737. The number of hydrogen-bond acceptors (Lipinski definition) is 3. The Bertz CT molecular complexity index is 589. The summed E-state index contributed by atoms with van der Waals surface area (Å²) in [5.41, 5.74) is 4.78. The molecule has 1 aliphatic rings. The van der Waals surface area contributed by atoms with Gasteiger partial charge < -0.3 is 0 Å². The molecule has 1 N–H and O–H groups in total. The van der Waals surface area contributed by atoms with E-state index in [1.807, 2.05) is 54.6 Å². The maximum absolute atomic E-state index is 5.95. The molecule has 88 valence electrons. The van der Waals surface area contributed by atoms with E-state index >= 15 is 0 Å². The minimum absolute atomic E-state index is 0.348. The summed E-state index contributed by atoms with van der Waals surface area (Å²) in [6.07, 6.45) is 0. The highest BCUT2D eigenvalue weighted by Gasteiger charge is 2.27. The number of amidine groups is 1. The number of hydrogen-bond donors (Lipinski definition) is 1. The summed E-state index contributed by atoms with van der Waals surface area (Å²) < 4.78 is 5.45. The average molecular weight is 257 g/mol. The van der Waals surface area contributed by atoms with Crippen molar-refractivity contribution in [2.24, 2.45) is 4.90 Å². The van der Waals surface area contributed by atoms with Crippen molar-refractivity contribution in [1.82, 2.24) is 5.48 Å². The Hall–Kier alpha value is -1.78. The molecule has 1 aliphatic heterocycles. The third kappa shape index (κ3) is 2.25. The summed E-state index contributed by atoms with van der Waals surface area (Å²) in [6.45, 7) is 0. The SMILES string of the molecule is Clc1cccc(B2N=C(c3ccccc3)NO2)c1. The van der Waals surface area contributed by atoms with Crippen molar-refractivity contribution in [2.75, 3.05) is 0 Å². The van der Waals surface area contributed by atoms with Gasteiger partial charge in [0, 0.05) is 10.6 Å². The van der Waals surface area contributed by atoms with Gasteiger partial charge in [-0.05, 0) is 17.6 Å². The molecule has 0 amide bonds. The second-order valence-electron chi connectivity index (χ2n) is 3.97. The topological polar surface area (TPSA) is 33.6 Å². The third-order valence-electron chi connectivity index (χ3n) is 2.69. The highest BCUT2D eigenvalue weighted by Crippen LogP contribution is 2.09. The molecule has 0 saturated heterocycles. The van der Waals surface area contributed by atoms with Crippen LogP contribution in [0.25, 0.3) is 0 Å². The van der Waals surface area contributed by atoms with Crippen molar-refractivity contribution in [3.8, 4) is 0 Å². The molecule has 0 bridgehead atoms. The maximum atomic E-state index is 5.95. The fourth-order valence-electron chi connectivity index (χ4n) is 1.81. The maximum Gasteiger partial charge on any atom is 0.496 e. The Kier molecular flexibility index (Phi) is 3.05. The Morgan fingerprint density at radius 1 is 1.06 bits per heavy atom. The highest BCUT2D eigenvalue weighted by molar-refractivity contribution is 6.68. The molecule has 0 saturated carbocycles. The van der Waals surface area contributed by atoms with Crippen LogP contribution in [0.2, 0.25) is 5.02 Å². The molecule has 18 heavy (non-hydrogen) atoms. The van der Waals surface area contributed by atoms with Crippen LogP contribution in [-0.2, 0) is 4.76 Å². The van der Waals surface area contributed by atoms with Crippen LogP contribution in [0.1, 0.15) is 5.56 Å². The van der Waals surface area contributed by atoms with E-state index in [4.69, 9.17) is 16.4 Å². The van der Waals surface area contributed by atoms with E-state index in [1.54, 1.807) is 0 Å². The van der Waals surface area contributed by atoms with E-state index in [1.165, 1.54) is 0 Å². The standard InChI is InChI=1S/C13H10BClN2O/c15-12-8-4-7-11(9-12)14-16-13(17-18-14)10-5-2-1-3-6-10/h1-9H,(H,16,17). The molecule has 0 aromatic heterocycles. The smallest absolute Gasteiger partial charge is 0.300 e. The lowest BCUT2D eigenvalue weighted by Gasteiger charge is -2.02. The number of nitrogens with zero attached hydrogens (tertiary/aromatic N) is 1. The van der Waals surface area contributed by atoms with Gasteiger partial charge in [-0.25, -0.2) is 0 Å². The molecule has 0 fully saturated rings. The van der Waals surface area contributed by atoms with Gasteiger partial charge in [-0.3, -0.25) is 15.1 Å². The first-order chi connectivity index (χ1) is 8.83. The fraction of sp³-hybridized carbons (Fsp3) is 0. The van der Waals surface area contributed by atoms with Crippen molar-refractivity contribution < 1.29 is 4.76 Å². The van der Waals surface area contributed by atoms with Gasteiger partial charge in [0.05, 0.1) is 0 Å². The van der Waals surface area contributed by atoms with Crippen LogP contribution in [0.5, 0.6) is 0 Å². The number of halogens is 1. The van der Waals surface area contributed by atoms with Gasteiger partial charge in [-0.2, -0.15) is 0 Å². The molecule has 0 radical (unpaired) electrons. The van der Waals surface area contributed by atoms with E-state index < -0.39 is 0 Å². The van der Waals surface area contributed by atoms with Gasteiger partial charge in [0.1, 0.15) is 5.84 Å². The lowest BCUT2D eigenvalue weighted by Crippen LogP contribution is -2.31. The van der Waals surface area contributed by atoms with E-state index in [2.05, 4.69) is 10.4 Å². The summed E-state index contributed by atoms with van der Waals surface area (Å²) in [4.78, 5) is 4.49. The van der Waals surface area contributed by atoms with Gasteiger partial charge in [0.25, 0.3) is 0 Å². The molecule has 0 spiro atoms. The summed E-state index contributed by atoms with van der Waals surface area (Å²) in [7, 11) is -0.348. The number of hydroxylamine groups is 1. The van der Waals surface area contributed by atoms with Crippen molar-refractivity contribution in [3.63, 3.8) is 0 Å². The van der Waals surface area contributed by atoms with Gasteiger partial charge in [0.2, 0.25) is 0 Å². The zero-order chi connectivity index (χ0) is 12.4. The predicted molar refractivity (Wildman–Crippen MR) is 74.0 cm³/mol. The van der Waals surface area contributed by atoms with Crippen LogP contribution in [-0.4, -0.2) is 12.9 Å². The predicted octanol–water partition coefficient (Wildman–Crippen LogP) is 2.02. The van der Waals surface area contributed by atoms with E-state index in [0.29, 0.717) is 5.02 Å². The van der Waals surface area contributed by atoms with Crippen molar-refractivity contribution in [2.45, 2.75) is 0 Å². The largest absolute Gasteiger partial charge is 0.496 e. The van der Waals surface area contributed by atoms with Gasteiger partial charge in [0.15, 0.2) is 0 Å². The summed E-state index contributed by atoms with van der Waals surface area (Å²) in [6, 6.07) is 17.4. The Balaban J connectivity index is 1.88. The molecule has 0 aliphatic carbocycles. The Labute approximate surface area is 111 Å². The first-order valence-electron chi connectivity index (χ1n) is 5.63. The lowest BCUT2D eigenvalue weighted by atomic mass is 9.75. The van der Waals surface area contributed by atoms with E-state index in [9.17, 15) is 0 Å². The molecule has 5 heteroatoms. The van der Waals surface area contributed by atoms with Gasteiger partial charge >= 0.3 is 7.05 Å². The summed E-state index contributed by atoms with van der Waals surface area (Å²) >= 11 is 5.95. The van der Waals surface area contributed by atoms with Crippen molar-refractivity contribution in [3.05, 3.63) is 65.2 Å². The summed E-state index contributed by atoms with van der Waals surface area (Å²) in [5, 5.41) is 0.680. The highest BCUT2D eigenvalue weighted by atomic mass is 35.5. The van der Waals surface area contributed by atoms with E-state index in [0.717, 1.165) is 16.9 Å². The van der Waals surface area contributed by atoms with Crippen LogP contribution < -0.4 is 10.9 Å². The lowest BCUT2D eigenvalue weighted by molar-refractivity contribution is 0.284. The second kappa shape index (κ2) is 4.84. The molecule has 1 heterocycles. The molecule has 3 nitrogen and oxygen atoms in total. The zero-order valence-electron chi connectivity index (χ0n) is 9.51. The van der Waals surface area contributed by atoms with Crippen LogP contribution in [0, 0.1) is 0 Å². The molecule has 0 atom stereocenters. The molecular weight excluding hydrogens is 246 g/mol. The third-order valence-corrected chi connectivity index (χ3v) is 2.93. The molecule has 2 aromatic carbocycles. The number of benzene rings is 2. The Morgan fingerprint density at radius 2 is 1.89 bits per heavy atom. The van der Waals surface area contributed by atoms with E-state index in [-0.39, 0.29) is 7.05 Å². The van der Waals surface area contributed by atoms with Crippen molar-refractivity contribution >= 4 is 29.9 Å².